The van der Waals surface area contributed by atoms with Gasteiger partial charge in [-0.1, -0.05) is 25.5 Å². The van der Waals surface area contributed by atoms with E-state index >= 15 is 0 Å². The highest BCUT2D eigenvalue weighted by Gasteiger charge is 2.22. The molecule has 0 amide bonds. The maximum atomic E-state index is 12.8. The topological polar surface area (TPSA) is 93.7 Å². The quantitative estimate of drug-likeness (QED) is 0.259. The molecule has 0 unspecified atom stereocenters. The number of rotatable bonds is 11. The van der Waals surface area contributed by atoms with Crippen molar-refractivity contribution >= 4 is 45.4 Å². The van der Waals surface area contributed by atoms with Gasteiger partial charge in [0.25, 0.3) is 10.0 Å². The van der Waals surface area contributed by atoms with Crippen molar-refractivity contribution in [3.8, 4) is 11.5 Å². The number of thiophene rings is 1. The second-order valence-electron chi connectivity index (χ2n) is 7.53. The normalized spacial score (nSPS) is 14.4. The summed E-state index contributed by atoms with van der Waals surface area (Å²) >= 11 is 1.11. The number of anilines is 1. The maximum absolute atomic E-state index is 12.8. The number of carbonyl (C=O) groups excluding carboxylic acids is 1. The largest absolute Gasteiger partial charge is 0.491 e. The fraction of sp³-hybridized carbons (Fsp3) is 0.500. The molecule has 1 aliphatic heterocycles. The average Bonchev–Trinajstić information content (AvgIpc) is 3.32. The fourth-order valence-corrected chi connectivity index (χ4v) is 5.58. The smallest absolute Gasteiger partial charge is 0.310 e. The lowest BCUT2D eigenvalue weighted by molar-refractivity contribution is -0.133. The number of esters is 1. The minimum absolute atomic E-state index is 0. The molecule has 0 spiro atoms. The van der Waals surface area contributed by atoms with Crippen molar-refractivity contribution in [1.29, 1.82) is 0 Å². The average molecular weight is 503 g/mol. The Balaban J connectivity index is 0.00000363. The minimum atomic E-state index is -3.82. The zero-order chi connectivity index (χ0) is 22.1. The molecule has 3 rings (SSSR count). The number of para-hydroxylation sites is 1. The van der Waals surface area contributed by atoms with Crippen molar-refractivity contribution in [1.82, 2.24) is 5.32 Å². The molecule has 10 heteroatoms. The Morgan fingerprint density at radius 2 is 1.91 bits per heavy atom. The molecule has 1 saturated heterocycles. The number of hydrogen-bond acceptors (Lipinski definition) is 7. The Hall–Kier alpha value is -1.81. The summed E-state index contributed by atoms with van der Waals surface area (Å²) in [4.78, 5) is 11.8. The number of hydrogen-bond donors (Lipinski definition) is 2. The van der Waals surface area contributed by atoms with E-state index in [9.17, 15) is 13.2 Å². The first-order chi connectivity index (χ1) is 15.0. The van der Waals surface area contributed by atoms with Crippen LogP contribution in [0.3, 0.4) is 0 Å². The van der Waals surface area contributed by atoms with Crippen LogP contribution in [-0.4, -0.2) is 34.1 Å². The lowest BCUT2D eigenvalue weighted by Gasteiger charge is -2.22. The fourth-order valence-electron chi connectivity index (χ4n) is 3.50. The molecule has 2 heterocycles. The molecule has 7 nitrogen and oxygen atoms in total. The summed E-state index contributed by atoms with van der Waals surface area (Å²) in [6.07, 6.45) is 5.74. The van der Waals surface area contributed by atoms with E-state index in [1.165, 1.54) is 25.3 Å². The summed E-state index contributed by atoms with van der Waals surface area (Å²) in [6.45, 7) is 4.33. The molecule has 0 aliphatic carbocycles. The highest BCUT2D eigenvalue weighted by Crippen LogP contribution is 2.37. The van der Waals surface area contributed by atoms with Gasteiger partial charge in [0, 0.05) is 6.42 Å². The Morgan fingerprint density at radius 1 is 1.16 bits per heavy atom. The first-order valence-electron chi connectivity index (χ1n) is 10.7. The summed E-state index contributed by atoms with van der Waals surface area (Å²) in [6, 6.07) is 8.12. The monoisotopic (exact) mass is 502 g/mol. The van der Waals surface area contributed by atoms with Gasteiger partial charge in [-0.05, 0) is 68.3 Å². The van der Waals surface area contributed by atoms with Crippen LogP contribution in [0, 0.1) is 5.92 Å². The van der Waals surface area contributed by atoms with Crippen molar-refractivity contribution < 1.29 is 22.7 Å². The van der Waals surface area contributed by atoms with Gasteiger partial charge in [0.15, 0.2) is 5.75 Å². The third-order valence-electron chi connectivity index (χ3n) is 5.22. The Kier molecular flexibility index (Phi) is 10.8. The van der Waals surface area contributed by atoms with Gasteiger partial charge in [-0.3, -0.25) is 9.52 Å². The molecule has 1 aromatic heterocycles. The van der Waals surface area contributed by atoms with E-state index in [-0.39, 0.29) is 34.5 Å². The van der Waals surface area contributed by atoms with Crippen LogP contribution < -0.4 is 19.5 Å². The lowest BCUT2D eigenvalue weighted by Crippen LogP contribution is -2.27. The van der Waals surface area contributed by atoms with E-state index in [0.717, 1.165) is 43.2 Å². The third kappa shape index (κ3) is 7.65. The number of carbonyl (C=O) groups is 1. The molecule has 0 saturated carbocycles. The Labute approximate surface area is 200 Å². The number of benzene rings is 1. The first kappa shape index (κ1) is 26.4. The third-order valence-corrected chi connectivity index (χ3v) is 7.97. The van der Waals surface area contributed by atoms with Gasteiger partial charge in [0.05, 0.1) is 6.61 Å². The maximum Gasteiger partial charge on any atom is 0.310 e. The molecular weight excluding hydrogens is 472 g/mol. The Morgan fingerprint density at radius 3 is 2.59 bits per heavy atom. The molecule has 1 fully saturated rings. The Bertz CT molecular complexity index is 945. The number of ether oxygens (including phenoxy) is 2. The van der Waals surface area contributed by atoms with Crippen molar-refractivity contribution in [2.45, 2.75) is 49.7 Å². The van der Waals surface area contributed by atoms with Crippen LogP contribution in [-0.2, 0) is 14.8 Å². The summed E-state index contributed by atoms with van der Waals surface area (Å²) in [5.41, 5.74) is 0.149. The van der Waals surface area contributed by atoms with Crippen LogP contribution in [0.4, 0.5) is 5.69 Å². The summed E-state index contributed by atoms with van der Waals surface area (Å²) < 4.78 is 39.6. The van der Waals surface area contributed by atoms with Gasteiger partial charge in [-0.25, -0.2) is 8.42 Å². The molecule has 32 heavy (non-hydrogen) atoms. The van der Waals surface area contributed by atoms with Crippen LogP contribution in [0.15, 0.2) is 39.9 Å². The number of piperidine rings is 1. The molecule has 1 aliphatic rings. The summed E-state index contributed by atoms with van der Waals surface area (Å²) in [5.74, 6) is 0.810. The highest BCUT2D eigenvalue weighted by atomic mass is 35.5. The number of sulfonamides is 1. The molecule has 0 atom stereocenters. The van der Waals surface area contributed by atoms with Crippen molar-refractivity contribution in [3.63, 3.8) is 0 Å². The second-order valence-corrected chi connectivity index (χ2v) is 10.4. The number of unbranched alkanes of at least 4 members (excludes halogenated alkanes) is 1. The van der Waals surface area contributed by atoms with Crippen LogP contribution in [0.25, 0.3) is 0 Å². The van der Waals surface area contributed by atoms with Crippen molar-refractivity contribution in [2.75, 3.05) is 24.4 Å². The summed E-state index contributed by atoms with van der Waals surface area (Å²) in [7, 11) is -3.82. The minimum Gasteiger partial charge on any atom is -0.491 e. The molecule has 2 aromatic rings. The van der Waals surface area contributed by atoms with E-state index in [2.05, 4.69) is 10.0 Å². The van der Waals surface area contributed by atoms with E-state index in [1.54, 1.807) is 36.6 Å². The van der Waals surface area contributed by atoms with Crippen molar-refractivity contribution in [3.05, 3.63) is 35.7 Å². The van der Waals surface area contributed by atoms with Gasteiger partial charge in [0.1, 0.15) is 15.6 Å². The first-order valence-corrected chi connectivity index (χ1v) is 13.1. The molecular formula is C22H31ClN2O5S2. The van der Waals surface area contributed by atoms with Gasteiger partial charge < -0.3 is 14.8 Å². The second kappa shape index (κ2) is 13.0. The van der Waals surface area contributed by atoms with E-state index in [1.807, 2.05) is 0 Å². The SMILES string of the molecule is CCC(=O)Oc1cccc(OCCCCC2CCNCC2)c1NS(=O)(=O)c1cccs1.Cl. The van der Waals surface area contributed by atoms with Crippen LogP contribution >= 0.6 is 23.7 Å². The number of halogens is 1. The van der Waals surface area contributed by atoms with Gasteiger partial charge in [-0.15, -0.1) is 23.7 Å². The summed E-state index contributed by atoms with van der Waals surface area (Å²) in [5, 5.41) is 5.07. The van der Waals surface area contributed by atoms with Gasteiger partial charge >= 0.3 is 5.97 Å². The molecule has 1 aromatic carbocycles. The van der Waals surface area contributed by atoms with Crippen LogP contribution in [0.5, 0.6) is 11.5 Å². The van der Waals surface area contributed by atoms with Gasteiger partial charge in [-0.2, -0.15) is 0 Å². The molecule has 0 radical (unpaired) electrons. The van der Waals surface area contributed by atoms with E-state index < -0.39 is 16.0 Å². The molecule has 178 valence electrons. The molecule has 2 N–H and O–H groups in total. The predicted octanol–water partition coefficient (Wildman–Crippen LogP) is 4.83. The van der Waals surface area contributed by atoms with Crippen LogP contribution in [0.1, 0.15) is 45.4 Å². The zero-order valence-electron chi connectivity index (χ0n) is 18.2. The van der Waals surface area contributed by atoms with Gasteiger partial charge in [0.2, 0.25) is 0 Å². The highest BCUT2D eigenvalue weighted by molar-refractivity contribution is 7.94. The number of nitrogens with one attached hydrogen (secondary N) is 2. The zero-order valence-corrected chi connectivity index (χ0v) is 20.6. The van der Waals surface area contributed by atoms with E-state index in [0.29, 0.717) is 12.4 Å². The van der Waals surface area contributed by atoms with E-state index in [4.69, 9.17) is 9.47 Å². The van der Waals surface area contributed by atoms with Crippen LogP contribution in [0.2, 0.25) is 0 Å². The lowest BCUT2D eigenvalue weighted by atomic mass is 9.93. The predicted molar refractivity (Wildman–Crippen MR) is 130 cm³/mol. The molecule has 0 bridgehead atoms. The standard InChI is InChI=1S/C22H30N2O5S2.ClH/c1-2-20(25)29-19-9-5-8-18(22(19)24-31(26,27)21-10-6-16-30-21)28-15-4-3-7-17-11-13-23-14-12-17;/h5-6,8-10,16-17,23-24H,2-4,7,11-15H2,1H3;1H. The van der Waals surface area contributed by atoms with Crippen molar-refractivity contribution in [2.24, 2.45) is 5.92 Å².